The lowest BCUT2D eigenvalue weighted by atomic mass is 10.2. The van der Waals surface area contributed by atoms with Crippen LogP contribution in [0.15, 0.2) is 54.7 Å². The molecular weight excluding hydrogens is 297 g/mol. The molecule has 0 bridgehead atoms. The molecule has 0 amide bonds. The maximum Gasteiger partial charge on any atom is 0.338 e. The van der Waals surface area contributed by atoms with Crippen LogP contribution in [0.3, 0.4) is 0 Å². The van der Waals surface area contributed by atoms with Crippen LogP contribution in [0.4, 0.5) is 4.39 Å². The van der Waals surface area contributed by atoms with E-state index in [1.54, 1.807) is 10.9 Å². The Hall–Kier alpha value is -3.02. The Kier molecular flexibility index (Phi) is 4.14. The topological polar surface area (TPSA) is 57.0 Å². The molecule has 3 aromatic rings. The number of aryl methyl sites for hydroxylation is 1. The Morgan fingerprint density at radius 3 is 2.74 bits per heavy atom. The summed E-state index contributed by atoms with van der Waals surface area (Å²) >= 11 is 0. The first-order valence-corrected chi connectivity index (χ1v) is 7.03. The average Bonchev–Trinajstić information content (AvgIpc) is 3.02. The van der Waals surface area contributed by atoms with Crippen LogP contribution in [-0.4, -0.2) is 21.0 Å². The minimum Gasteiger partial charge on any atom is -0.455 e. The van der Waals surface area contributed by atoms with E-state index in [1.807, 2.05) is 31.2 Å². The van der Waals surface area contributed by atoms with E-state index in [9.17, 15) is 9.18 Å². The molecule has 6 heteroatoms. The van der Waals surface area contributed by atoms with Crippen LogP contribution in [0, 0.1) is 12.7 Å². The van der Waals surface area contributed by atoms with Crippen LogP contribution in [0.1, 0.15) is 21.6 Å². The van der Waals surface area contributed by atoms with Crippen molar-refractivity contribution in [2.75, 3.05) is 0 Å². The highest BCUT2D eigenvalue weighted by molar-refractivity contribution is 5.89. The molecule has 0 aliphatic heterocycles. The molecule has 0 aliphatic rings. The molecule has 0 N–H and O–H groups in total. The molecule has 1 heterocycles. The first-order chi connectivity index (χ1) is 11.1. The molecular formula is C17H14FN3O2. The molecule has 0 saturated carbocycles. The second-order valence-corrected chi connectivity index (χ2v) is 5.08. The van der Waals surface area contributed by atoms with Crippen molar-refractivity contribution in [1.82, 2.24) is 15.0 Å². The lowest BCUT2D eigenvalue weighted by Gasteiger charge is -2.02. The number of aromatic nitrogens is 3. The Labute approximate surface area is 132 Å². The van der Waals surface area contributed by atoms with E-state index in [4.69, 9.17) is 4.74 Å². The van der Waals surface area contributed by atoms with Gasteiger partial charge >= 0.3 is 5.97 Å². The Balaban J connectivity index is 1.65. The highest BCUT2D eigenvalue weighted by Crippen LogP contribution is 2.10. The number of nitrogens with zero attached hydrogens (tertiary/aromatic N) is 3. The number of benzene rings is 2. The van der Waals surface area contributed by atoms with Crippen molar-refractivity contribution >= 4 is 5.97 Å². The number of halogens is 1. The normalized spacial score (nSPS) is 10.5. The fourth-order valence-corrected chi connectivity index (χ4v) is 2.07. The van der Waals surface area contributed by atoms with Crippen molar-refractivity contribution in [3.05, 3.63) is 77.4 Å². The van der Waals surface area contributed by atoms with Crippen LogP contribution in [-0.2, 0) is 11.3 Å². The number of hydrogen-bond acceptors (Lipinski definition) is 4. The third-order valence-electron chi connectivity index (χ3n) is 3.24. The lowest BCUT2D eigenvalue weighted by molar-refractivity contribution is 0.0467. The minimum atomic E-state index is -0.532. The predicted molar refractivity (Wildman–Crippen MR) is 81.6 cm³/mol. The predicted octanol–water partition coefficient (Wildman–Crippen LogP) is 3.07. The average molecular weight is 311 g/mol. The maximum absolute atomic E-state index is 12.8. The molecule has 0 saturated heterocycles. The van der Waals surface area contributed by atoms with Crippen LogP contribution in [0.25, 0.3) is 5.69 Å². The summed E-state index contributed by atoms with van der Waals surface area (Å²) < 4.78 is 19.6. The van der Waals surface area contributed by atoms with E-state index < -0.39 is 11.8 Å². The van der Waals surface area contributed by atoms with Gasteiger partial charge in [0, 0.05) is 0 Å². The second kappa shape index (κ2) is 6.39. The summed E-state index contributed by atoms with van der Waals surface area (Å²) in [4.78, 5) is 11.9. The lowest BCUT2D eigenvalue weighted by Crippen LogP contribution is -2.05. The van der Waals surface area contributed by atoms with Crippen molar-refractivity contribution in [1.29, 1.82) is 0 Å². The summed E-state index contributed by atoms with van der Waals surface area (Å²) in [5.41, 5.74) is 2.82. The molecule has 0 aliphatic carbocycles. The van der Waals surface area contributed by atoms with Gasteiger partial charge < -0.3 is 4.74 Å². The van der Waals surface area contributed by atoms with Crippen LogP contribution >= 0.6 is 0 Å². The molecule has 2 aromatic carbocycles. The van der Waals surface area contributed by atoms with Gasteiger partial charge in [0.1, 0.15) is 18.1 Å². The van der Waals surface area contributed by atoms with Gasteiger partial charge in [-0.25, -0.2) is 13.9 Å². The zero-order valence-electron chi connectivity index (χ0n) is 12.4. The third kappa shape index (κ3) is 3.60. The summed E-state index contributed by atoms with van der Waals surface area (Å²) in [6, 6.07) is 13.0. The van der Waals surface area contributed by atoms with E-state index >= 15 is 0 Å². The van der Waals surface area contributed by atoms with Gasteiger partial charge in [-0.2, -0.15) is 0 Å². The fraction of sp³-hybridized carbons (Fsp3) is 0.118. The number of carbonyl (C=O) groups is 1. The van der Waals surface area contributed by atoms with E-state index in [1.165, 1.54) is 24.3 Å². The highest BCUT2D eigenvalue weighted by Gasteiger charge is 2.09. The zero-order chi connectivity index (χ0) is 16.2. The molecule has 0 unspecified atom stereocenters. The Morgan fingerprint density at radius 2 is 2.00 bits per heavy atom. The highest BCUT2D eigenvalue weighted by atomic mass is 19.1. The van der Waals surface area contributed by atoms with Crippen LogP contribution in [0.5, 0.6) is 0 Å². The maximum atomic E-state index is 12.8. The van der Waals surface area contributed by atoms with Crippen LogP contribution in [0.2, 0.25) is 0 Å². The van der Waals surface area contributed by atoms with Crippen molar-refractivity contribution in [3.8, 4) is 5.69 Å². The molecule has 1 aromatic heterocycles. The number of rotatable bonds is 4. The largest absolute Gasteiger partial charge is 0.455 e. The van der Waals surface area contributed by atoms with E-state index in [0.29, 0.717) is 5.69 Å². The Morgan fingerprint density at radius 1 is 1.22 bits per heavy atom. The molecule has 0 radical (unpaired) electrons. The SMILES string of the molecule is Cc1cccc(-n2cc(COC(=O)c3ccc(F)cc3)nn2)c1. The number of hydrogen-bond donors (Lipinski definition) is 0. The van der Waals surface area contributed by atoms with Gasteiger partial charge in [-0.05, 0) is 48.9 Å². The summed E-state index contributed by atoms with van der Waals surface area (Å²) in [7, 11) is 0. The van der Waals surface area contributed by atoms with Gasteiger partial charge in [0.2, 0.25) is 0 Å². The van der Waals surface area contributed by atoms with Crippen molar-refractivity contribution in [2.24, 2.45) is 0 Å². The number of esters is 1. The molecule has 0 fully saturated rings. The summed E-state index contributed by atoms with van der Waals surface area (Å²) in [5, 5.41) is 7.99. The minimum absolute atomic E-state index is 0.00201. The van der Waals surface area contributed by atoms with Gasteiger partial charge in [0.05, 0.1) is 17.4 Å². The second-order valence-electron chi connectivity index (χ2n) is 5.08. The van der Waals surface area contributed by atoms with E-state index in [2.05, 4.69) is 10.3 Å². The number of carbonyl (C=O) groups excluding carboxylic acids is 1. The summed E-state index contributed by atoms with van der Waals surface area (Å²) in [6.45, 7) is 1.99. The molecule has 0 atom stereocenters. The van der Waals surface area contributed by atoms with E-state index in [0.717, 1.165) is 11.3 Å². The van der Waals surface area contributed by atoms with Gasteiger partial charge in [0.15, 0.2) is 0 Å². The molecule has 5 nitrogen and oxygen atoms in total. The molecule has 116 valence electrons. The van der Waals surface area contributed by atoms with Crippen molar-refractivity contribution < 1.29 is 13.9 Å². The fourth-order valence-electron chi connectivity index (χ4n) is 2.07. The van der Waals surface area contributed by atoms with Gasteiger partial charge in [0.25, 0.3) is 0 Å². The van der Waals surface area contributed by atoms with Crippen LogP contribution < -0.4 is 0 Å². The third-order valence-corrected chi connectivity index (χ3v) is 3.24. The molecule has 23 heavy (non-hydrogen) atoms. The van der Waals surface area contributed by atoms with Gasteiger partial charge in [-0.3, -0.25) is 0 Å². The summed E-state index contributed by atoms with van der Waals surface area (Å²) in [5.74, 6) is -0.933. The van der Waals surface area contributed by atoms with Gasteiger partial charge in [-0.1, -0.05) is 17.3 Å². The smallest absolute Gasteiger partial charge is 0.338 e. The first kappa shape index (κ1) is 14.9. The number of ether oxygens (including phenoxy) is 1. The molecule has 3 rings (SSSR count). The van der Waals surface area contributed by atoms with Crippen molar-refractivity contribution in [3.63, 3.8) is 0 Å². The summed E-state index contributed by atoms with van der Waals surface area (Å²) in [6.07, 6.45) is 1.70. The first-order valence-electron chi connectivity index (χ1n) is 7.03. The Bertz CT molecular complexity index is 828. The standard InChI is InChI=1S/C17H14FN3O2/c1-12-3-2-4-16(9-12)21-10-15(19-20-21)11-23-17(22)13-5-7-14(18)8-6-13/h2-10H,11H2,1H3. The van der Waals surface area contributed by atoms with Crippen molar-refractivity contribution in [2.45, 2.75) is 13.5 Å². The van der Waals surface area contributed by atoms with Gasteiger partial charge in [-0.15, -0.1) is 5.10 Å². The molecule has 0 spiro atoms. The zero-order valence-corrected chi connectivity index (χ0v) is 12.4. The van der Waals surface area contributed by atoms with E-state index in [-0.39, 0.29) is 12.2 Å². The quantitative estimate of drug-likeness (QED) is 0.695. The monoisotopic (exact) mass is 311 g/mol.